The first-order chi connectivity index (χ1) is 16.1. The molecule has 1 aliphatic heterocycles. The van der Waals surface area contributed by atoms with Crippen LogP contribution in [0.2, 0.25) is 0 Å². The molecule has 2 aromatic rings. The molecule has 0 saturated heterocycles. The third kappa shape index (κ3) is 5.61. The molecule has 192 valence electrons. The van der Waals surface area contributed by atoms with Crippen molar-refractivity contribution in [3.05, 3.63) is 30.5 Å². The van der Waals surface area contributed by atoms with Gasteiger partial charge in [-0.15, -0.1) is 0 Å². The molecule has 0 saturated carbocycles. The third-order valence-corrected chi connectivity index (χ3v) is 6.93. The molecule has 0 bridgehead atoms. The third-order valence-electron chi connectivity index (χ3n) is 5.08. The lowest BCUT2D eigenvalue weighted by Crippen LogP contribution is -2.48. The lowest BCUT2D eigenvalue weighted by atomic mass is 10.1. The van der Waals surface area contributed by atoms with E-state index in [0.29, 0.717) is 13.8 Å². The van der Waals surface area contributed by atoms with Crippen molar-refractivity contribution in [3.63, 3.8) is 0 Å². The van der Waals surface area contributed by atoms with Crippen LogP contribution < -0.4 is 19.7 Å². The topological polar surface area (TPSA) is 132 Å². The van der Waals surface area contributed by atoms with E-state index in [1.807, 2.05) is 0 Å². The maximum absolute atomic E-state index is 13.4. The summed E-state index contributed by atoms with van der Waals surface area (Å²) in [5, 5.41) is 8.49. The number of nitrogens with zero attached hydrogens (tertiary/aromatic N) is 3. The average Bonchev–Trinajstić information content (AvgIpc) is 3.17. The first-order valence-electron chi connectivity index (χ1n) is 10.2. The van der Waals surface area contributed by atoms with E-state index in [-0.39, 0.29) is 41.1 Å². The second-order valence-corrected chi connectivity index (χ2v) is 10.0. The highest BCUT2D eigenvalue weighted by molar-refractivity contribution is 7.92. The van der Waals surface area contributed by atoms with Crippen LogP contribution in [0.25, 0.3) is 0 Å². The van der Waals surface area contributed by atoms with E-state index in [9.17, 15) is 31.2 Å². The zero-order valence-electron chi connectivity index (χ0n) is 19.2. The van der Waals surface area contributed by atoms with Gasteiger partial charge in [0.05, 0.1) is 25.0 Å². The number of fused-ring (bicyclic) bond motifs is 1. The molecule has 2 amide bonds. The molecule has 35 heavy (non-hydrogen) atoms. The summed E-state index contributed by atoms with van der Waals surface area (Å²) in [5.74, 6) is -0.216. The fourth-order valence-corrected chi connectivity index (χ4v) is 4.75. The summed E-state index contributed by atoms with van der Waals surface area (Å²) < 4.78 is 78.4. The van der Waals surface area contributed by atoms with Crippen molar-refractivity contribution in [2.45, 2.75) is 43.7 Å². The Morgan fingerprint density at radius 3 is 2.51 bits per heavy atom. The number of hydrogen-bond donors (Lipinski definition) is 2. The minimum absolute atomic E-state index is 0.0189. The number of alkyl halides is 3. The van der Waals surface area contributed by atoms with Gasteiger partial charge in [0.25, 0.3) is 10.0 Å². The molecule has 1 aliphatic rings. The number of nitrogens with one attached hydrogen (secondary N) is 2. The standard InChI is InChI=1S/C20H24F3N5O6S/c1-12(29)24-10-14-11-28(35(31,32)17-7-8-25-27(17)4)15-9-13(5-6-16(15)33-14)26-18(30)34-19(2,3)20(21,22)23/h5-9,14H,10-11H2,1-4H3,(H,24,29)(H,26,30). The van der Waals surface area contributed by atoms with Gasteiger partial charge in [-0.2, -0.15) is 26.7 Å². The van der Waals surface area contributed by atoms with Crippen molar-refractivity contribution in [2.75, 3.05) is 22.7 Å². The van der Waals surface area contributed by atoms with Gasteiger partial charge >= 0.3 is 12.3 Å². The van der Waals surface area contributed by atoms with Gasteiger partial charge in [0, 0.05) is 19.7 Å². The number of aryl methyl sites for hydroxylation is 1. The number of ether oxygens (including phenoxy) is 2. The second kappa shape index (κ2) is 9.28. The molecule has 0 radical (unpaired) electrons. The van der Waals surface area contributed by atoms with Gasteiger partial charge < -0.3 is 14.8 Å². The smallest absolute Gasteiger partial charge is 0.427 e. The largest absolute Gasteiger partial charge is 0.484 e. The van der Waals surface area contributed by atoms with Crippen LogP contribution in [0.1, 0.15) is 20.8 Å². The minimum atomic E-state index is -4.80. The van der Waals surface area contributed by atoms with Crippen molar-refractivity contribution in [3.8, 4) is 5.75 Å². The van der Waals surface area contributed by atoms with E-state index in [0.717, 1.165) is 8.99 Å². The SMILES string of the molecule is CC(=O)NCC1CN(S(=O)(=O)c2ccnn2C)c2cc(NC(=O)OC(C)(C)C(F)(F)F)ccc2O1. The number of sulfonamides is 1. The molecule has 1 aromatic heterocycles. The number of aromatic nitrogens is 2. The maximum Gasteiger partial charge on any atom is 0.427 e. The fraction of sp³-hybridized carbons (Fsp3) is 0.450. The zero-order valence-corrected chi connectivity index (χ0v) is 20.0. The molecule has 0 aliphatic carbocycles. The summed E-state index contributed by atoms with van der Waals surface area (Å²) in [6, 6.07) is 5.20. The number of hydrogen-bond acceptors (Lipinski definition) is 7. The quantitative estimate of drug-likeness (QED) is 0.599. The molecule has 0 fully saturated rings. The van der Waals surface area contributed by atoms with Crippen LogP contribution in [0, 0.1) is 0 Å². The Morgan fingerprint density at radius 1 is 1.26 bits per heavy atom. The maximum atomic E-state index is 13.4. The van der Waals surface area contributed by atoms with Crippen molar-refractivity contribution < 1.29 is 40.7 Å². The predicted octanol–water partition coefficient (Wildman–Crippen LogP) is 2.40. The Labute approximate surface area is 199 Å². The minimum Gasteiger partial charge on any atom is -0.484 e. The lowest BCUT2D eigenvalue weighted by Gasteiger charge is -2.35. The molecule has 1 aromatic carbocycles. The number of rotatable bonds is 6. The highest BCUT2D eigenvalue weighted by atomic mass is 32.2. The number of halogens is 3. The van der Waals surface area contributed by atoms with Gasteiger partial charge in [-0.3, -0.25) is 19.1 Å². The van der Waals surface area contributed by atoms with Crippen LogP contribution >= 0.6 is 0 Å². The van der Waals surface area contributed by atoms with Gasteiger partial charge in [0.2, 0.25) is 11.5 Å². The first-order valence-corrected chi connectivity index (χ1v) is 11.7. The first kappa shape index (κ1) is 26.1. The van der Waals surface area contributed by atoms with E-state index < -0.39 is 34.0 Å². The van der Waals surface area contributed by atoms with E-state index >= 15 is 0 Å². The van der Waals surface area contributed by atoms with Crippen LogP contribution in [0.3, 0.4) is 0 Å². The molecule has 11 nitrogen and oxygen atoms in total. The van der Waals surface area contributed by atoms with Crippen molar-refractivity contribution in [1.29, 1.82) is 0 Å². The van der Waals surface area contributed by atoms with E-state index in [4.69, 9.17) is 4.74 Å². The number of anilines is 2. The van der Waals surface area contributed by atoms with E-state index in [2.05, 4.69) is 20.5 Å². The zero-order chi connectivity index (χ0) is 26.2. The predicted molar refractivity (Wildman–Crippen MR) is 118 cm³/mol. The Morgan fingerprint density at radius 2 is 1.94 bits per heavy atom. The Balaban J connectivity index is 1.94. The normalized spacial score (nSPS) is 16.2. The summed E-state index contributed by atoms with van der Waals surface area (Å²) >= 11 is 0. The van der Waals surface area contributed by atoms with Gasteiger partial charge in [-0.25, -0.2) is 4.79 Å². The molecule has 2 heterocycles. The summed E-state index contributed by atoms with van der Waals surface area (Å²) in [4.78, 5) is 23.4. The van der Waals surface area contributed by atoms with Crippen molar-refractivity contribution >= 4 is 33.4 Å². The lowest BCUT2D eigenvalue weighted by molar-refractivity contribution is -0.242. The van der Waals surface area contributed by atoms with Gasteiger partial charge in [0.15, 0.2) is 5.03 Å². The van der Waals surface area contributed by atoms with Crippen LogP contribution in [-0.4, -0.2) is 61.2 Å². The van der Waals surface area contributed by atoms with Crippen molar-refractivity contribution in [1.82, 2.24) is 15.1 Å². The van der Waals surface area contributed by atoms with E-state index in [1.165, 1.54) is 44.4 Å². The molecule has 15 heteroatoms. The monoisotopic (exact) mass is 519 g/mol. The molecular formula is C20H24F3N5O6S. The Bertz CT molecular complexity index is 1230. The highest BCUT2D eigenvalue weighted by Gasteiger charge is 2.51. The summed E-state index contributed by atoms with van der Waals surface area (Å²) in [5.41, 5.74) is -2.75. The van der Waals surface area contributed by atoms with Gasteiger partial charge in [-0.1, -0.05) is 0 Å². The summed E-state index contributed by atoms with van der Waals surface area (Å²) in [6.07, 6.45) is -5.62. The Kier molecular flexibility index (Phi) is 6.93. The van der Waals surface area contributed by atoms with Crippen LogP contribution in [-0.2, 0) is 26.6 Å². The van der Waals surface area contributed by atoms with Crippen LogP contribution in [0.15, 0.2) is 35.5 Å². The van der Waals surface area contributed by atoms with Gasteiger partial charge in [-0.05, 0) is 38.1 Å². The molecule has 2 N–H and O–H groups in total. The number of carbonyl (C=O) groups is 2. The Hall–Kier alpha value is -3.49. The highest BCUT2D eigenvalue weighted by Crippen LogP contribution is 2.39. The van der Waals surface area contributed by atoms with Gasteiger partial charge in [0.1, 0.15) is 11.9 Å². The van der Waals surface area contributed by atoms with Crippen LogP contribution in [0.5, 0.6) is 5.75 Å². The molecule has 0 spiro atoms. The molecular weight excluding hydrogens is 495 g/mol. The second-order valence-electron chi connectivity index (χ2n) is 8.21. The number of benzene rings is 1. The average molecular weight is 520 g/mol. The summed E-state index contributed by atoms with van der Waals surface area (Å²) in [7, 11) is -2.74. The van der Waals surface area contributed by atoms with Crippen molar-refractivity contribution in [2.24, 2.45) is 7.05 Å². The summed E-state index contributed by atoms with van der Waals surface area (Å²) in [6.45, 7) is 2.52. The van der Waals surface area contributed by atoms with Crippen LogP contribution in [0.4, 0.5) is 29.3 Å². The number of amides is 2. The molecule has 1 atom stereocenters. The fourth-order valence-electron chi connectivity index (χ4n) is 3.14. The molecule has 3 rings (SSSR count). The van der Waals surface area contributed by atoms with E-state index in [1.54, 1.807) is 0 Å². The molecule has 1 unspecified atom stereocenters. The number of carbonyl (C=O) groups excluding carboxylic acids is 2.